The molecular formula is C18H18N2O. The van der Waals surface area contributed by atoms with E-state index in [1.807, 2.05) is 50.2 Å². The minimum absolute atomic E-state index is 0.0262. The van der Waals surface area contributed by atoms with Gasteiger partial charge in [-0.05, 0) is 24.3 Å². The Morgan fingerprint density at radius 1 is 1.05 bits per heavy atom. The van der Waals surface area contributed by atoms with Gasteiger partial charge in [-0.2, -0.15) is 0 Å². The van der Waals surface area contributed by atoms with E-state index in [4.69, 9.17) is 0 Å². The molecule has 0 aliphatic carbocycles. The number of benzene rings is 2. The average Bonchev–Trinajstić information content (AvgIpc) is 2.91. The number of fused-ring (bicyclic) bond motifs is 1. The van der Waals surface area contributed by atoms with E-state index in [-0.39, 0.29) is 11.8 Å². The Balaban J connectivity index is 1.93. The van der Waals surface area contributed by atoms with Gasteiger partial charge in [0.2, 0.25) is 5.91 Å². The van der Waals surface area contributed by atoms with Crippen molar-refractivity contribution in [3.05, 3.63) is 54.6 Å². The Hall–Kier alpha value is -2.55. The number of anilines is 1. The van der Waals surface area contributed by atoms with E-state index in [0.717, 1.165) is 22.5 Å². The summed E-state index contributed by atoms with van der Waals surface area (Å²) < 4.78 is 0. The van der Waals surface area contributed by atoms with Crippen LogP contribution in [0.1, 0.15) is 13.8 Å². The van der Waals surface area contributed by atoms with Crippen LogP contribution >= 0.6 is 0 Å². The Labute approximate surface area is 124 Å². The van der Waals surface area contributed by atoms with E-state index in [1.165, 1.54) is 5.39 Å². The molecule has 3 rings (SSSR count). The molecule has 0 unspecified atom stereocenters. The largest absolute Gasteiger partial charge is 0.355 e. The van der Waals surface area contributed by atoms with Crippen molar-refractivity contribution in [2.45, 2.75) is 13.8 Å². The summed E-state index contributed by atoms with van der Waals surface area (Å²) in [6, 6.07) is 18.2. The van der Waals surface area contributed by atoms with E-state index < -0.39 is 0 Å². The highest BCUT2D eigenvalue weighted by Crippen LogP contribution is 2.26. The Kier molecular flexibility index (Phi) is 3.48. The Morgan fingerprint density at radius 3 is 2.62 bits per heavy atom. The van der Waals surface area contributed by atoms with Gasteiger partial charge in [-0.25, -0.2) is 0 Å². The van der Waals surface area contributed by atoms with Crippen LogP contribution in [-0.4, -0.2) is 10.9 Å². The molecule has 1 heterocycles. The summed E-state index contributed by atoms with van der Waals surface area (Å²) >= 11 is 0. The van der Waals surface area contributed by atoms with Crippen molar-refractivity contribution in [3.63, 3.8) is 0 Å². The maximum Gasteiger partial charge on any atom is 0.226 e. The molecule has 0 saturated heterocycles. The van der Waals surface area contributed by atoms with Crippen LogP contribution in [0.2, 0.25) is 0 Å². The van der Waals surface area contributed by atoms with E-state index in [9.17, 15) is 4.79 Å². The van der Waals surface area contributed by atoms with Gasteiger partial charge >= 0.3 is 0 Å². The molecule has 0 fully saturated rings. The van der Waals surface area contributed by atoms with E-state index >= 15 is 0 Å². The van der Waals surface area contributed by atoms with Crippen LogP contribution in [0.15, 0.2) is 54.6 Å². The summed E-state index contributed by atoms with van der Waals surface area (Å²) in [4.78, 5) is 15.2. The number of aromatic nitrogens is 1. The van der Waals surface area contributed by atoms with Gasteiger partial charge in [0.25, 0.3) is 0 Å². The molecule has 1 aromatic heterocycles. The van der Waals surface area contributed by atoms with Gasteiger partial charge in [-0.15, -0.1) is 0 Å². The van der Waals surface area contributed by atoms with Crippen molar-refractivity contribution in [2.75, 3.05) is 5.32 Å². The molecule has 0 aliphatic rings. The molecule has 0 atom stereocenters. The van der Waals surface area contributed by atoms with Gasteiger partial charge in [0.05, 0.1) is 0 Å². The summed E-state index contributed by atoms with van der Waals surface area (Å²) in [5.41, 5.74) is 4.05. The maximum absolute atomic E-state index is 11.8. The fourth-order valence-corrected chi connectivity index (χ4v) is 2.28. The highest BCUT2D eigenvalue weighted by atomic mass is 16.1. The smallest absolute Gasteiger partial charge is 0.226 e. The lowest BCUT2D eigenvalue weighted by Gasteiger charge is -2.08. The first-order valence-corrected chi connectivity index (χ1v) is 7.12. The van der Waals surface area contributed by atoms with E-state index in [0.29, 0.717) is 0 Å². The van der Waals surface area contributed by atoms with Crippen molar-refractivity contribution in [2.24, 2.45) is 5.92 Å². The first kappa shape index (κ1) is 13.4. The summed E-state index contributed by atoms with van der Waals surface area (Å²) in [6.45, 7) is 3.77. The normalized spacial score (nSPS) is 11.0. The minimum Gasteiger partial charge on any atom is -0.355 e. The highest BCUT2D eigenvalue weighted by Gasteiger charge is 2.08. The monoisotopic (exact) mass is 278 g/mol. The zero-order valence-electron chi connectivity index (χ0n) is 12.2. The zero-order valence-corrected chi connectivity index (χ0v) is 12.2. The third-order valence-corrected chi connectivity index (χ3v) is 3.50. The first-order valence-electron chi connectivity index (χ1n) is 7.12. The fraction of sp³-hybridized carbons (Fsp3) is 0.167. The van der Waals surface area contributed by atoms with Crippen LogP contribution in [0, 0.1) is 5.92 Å². The van der Waals surface area contributed by atoms with Crippen LogP contribution in [0.3, 0.4) is 0 Å². The predicted octanol–water partition coefficient (Wildman–Crippen LogP) is 4.43. The van der Waals surface area contributed by atoms with Crippen LogP contribution in [0.4, 0.5) is 5.69 Å². The lowest BCUT2D eigenvalue weighted by molar-refractivity contribution is -0.118. The standard InChI is InChI=1S/C18H18N2O/c1-12(2)18(21)19-15-8-5-7-13(10-15)17-11-14-6-3-4-9-16(14)20-17/h3-12,20H,1-2H3,(H,19,21). The quantitative estimate of drug-likeness (QED) is 0.731. The number of carbonyl (C=O) groups excluding carboxylic acids is 1. The van der Waals surface area contributed by atoms with Gasteiger partial charge < -0.3 is 10.3 Å². The second-order valence-corrected chi connectivity index (χ2v) is 5.50. The third-order valence-electron chi connectivity index (χ3n) is 3.50. The van der Waals surface area contributed by atoms with Crippen LogP contribution < -0.4 is 5.32 Å². The van der Waals surface area contributed by atoms with Gasteiger partial charge in [-0.1, -0.05) is 44.2 Å². The molecule has 3 heteroatoms. The molecule has 0 bridgehead atoms. The minimum atomic E-state index is -0.0262. The van der Waals surface area contributed by atoms with Crippen LogP contribution in [-0.2, 0) is 4.79 Å². The van der Waals surface area contributed by atoms with Crippen molar-refractivity contribution in [3.8, 4) is 11.3 Å². The molecule has 2 aromatic carbocycles. The number of nitrogens with one attached hydrogen (secondary N) is 2. The Bertz CT molecular complexity index is 754. The molecular weight excluding hydrogens is 260 g/mol. The first-order chi connectivity index (χ1) is 10.1. The number of aromatic amines is 1. The fourth-order valence-electron chi connectivity index (χ4n) is 2.28. The molecule has 106 valence electrons. The van der Waals surface area contributed by atoms with Crippen molar-refractivity contribution in [1.29, 1.82) is 0 Å². The zero-order chi connectivity index (χ0) is 14.8. The molecule has 2 N–H and O–H groups in total. The molecule has 1 amide bonds. The van der Waals surface area contributed by atoms with Crippen LogP contribution in [0.5, 0.6) is 0 Å². The molecule has 0 saturated carbocycles. The Morgan fingerprint density at radius 2 is 1.86 bits per heavy atom. The number of hydrogen-bond donors (Lipinski definition) is 2. The molecule has 0 spiro atoms. The lowest BCUT2D eigenvalue weighted by atomic mass is 10.1. The predicted molar refractivity (Wildman–Crippen MR) is 87.2 cm³/mol. The summed E-state index contributed by atoms with van der Waals surface area (Å²) in [7, 11) is 0. The third kappa shape index (κ3) is 2.82. The summed E-state index contributed by atoms with van der Waals surface area (Å²) in [5, 5.41) is 4.12. The maximum atomic E-state index is 11.8. The number of H-pyrrole nitrogens is 1. The SMILES string of the molecule is CC(C)C(=O)Nc1cccc(-c2cc3ccccc3[nH]2)c1. The number of para-hydroxylation sites is 1. The second-order valence-electron chi connectivity index (χ2n) is 5.50. The number of carbonyl (C=O) groups is 1. The molecule has 0 aliphatic heterocycles. The molecule has 21 heavy (non-hydrogen) atoms. The molecule has 3 nitrogen and oxygen atoms in total. The number of rotatable bonds is 3. The van der Waals surface area contributed by atoms with E-state index in [2.05, 4.69) is 28.5 Å². The second kappa shape index (κ2) is 5.44. The van der Waals surface area contributed by atoms with Gasteiger partial charge in [0.15, 0.2) is 0 Å². The summed E-state index contributed by atoms with van der Waals surface area (Å²) in [5.74, 6) is 0.00512. The molecule has 0 radical (unpaired) electrons. The van der Waals surface area contributed by atoms with E-state index in [1.54, 1.807) is 0 Å². The van der Waals surface area contributed by atoms with Crippen LogP contribution in [0.25, 0.3) is 22.2 Å². The average molecular weight is 278 g/mol. The van der Waals surface area contributed by atoms with Gasteiger partial charge in [0, 0.05) is 33.8 Å². The highest BCUT2D eigenvalue weighted by molar-refractivity contribution is 5.93. The topological polar surface area (TPSA) is 44.9 Å². The lowest BCUT2D eigenvalue weighted by Crippen LogP contribution is -2.17. The number of hydrogen-bond acceptors (Lipinski definition) is 1. The summed E-state index contributed by atoms with van der Waals surface area (Å²) in [6.07, 6.45) is 0. The molecule has 3 aromatic rings. The van der Waals surface area contributed by atoms with Crippen molar-refractivity contribution in [1.82, 2.24) is 4.98 Å². The number of amides is 1. The van der Waals surface area contributed by atoms with Crippen molar-refractivity contribution < 1.29 is 4.79 Å². The van der Waals surface area contributed by atoms with Gasteiger partial charge in [0.1, 0.15) is 0 Å². The van der Waals surface area contributed by atoms with Gasteiger partial charge in [-0.3, -0.25) is 4.79 Å². The van der Waals surface area contributed by atoms with Crippen molar-refractivity contribution >= 4 is 22.5 Å².